The largest absolute Gasteiger partial charge is 0.480 e. The molecule has 0 aromatic carbocycles. The summed E-state index contributed by atoms with van der Waals surface area (Å²) in [5.41, 5.74) is 0. The van der Waals surface area contributed by atoms with E-state index in [4.69, 9.17) is 5.11 Å². The number of amides is 2. The molecule has 5 heteroatoms. The normalized spacial score (nSPS) is 17.4. The molecular formula is C11H18N2O3. The third-order valence-corrected chi connectivity index (χ3v) is 2.42. The zero-order chi connectivity index (χ0) is 12.1. The molecule has 1 rings (SSSR count). The number of carboxylic acid groups (broad SMARTS) is 1. The maximum absolute atomic E-state index is 11.3. The first-order valence-electron chi connectivity index (χ1n) is 5.47. The highest BCUT2D eigenvalue weighted by molar-refractivity contribution is 5.83. The average Bonchev–Trinajstić information content (AvgIpc) is 2.97. The van der Waals surface area contributed by atoms with Crippen molar-refractivity contribution < 1.29 is 14.7 Å². The summed E-state index contributed by atoms with van der Waals surface area (Å²) in [5, 5.41) is 13.8. The van der Waals surface area contributed by atoms with Gasteiger partial charge in [-0.15, -0.1) is 0 Å². The van der Waals surface area contributed by atoms with Gasteiger partial charge in [-0.25, -0.2) is 9.59 Å². The van der Waals surface area contributed by atoms with Crippen LogP contribution in [-0.2, 0) is 4.79 Å². The van der Waals surface area contributed by atoms with Crippen LogP contribution in [0.4, 0.5) is 4.79 Å². The minimum Gasteiger partial charge on any atom is -0.480 e. The van der Waals surface area contributed by atoms with Crippen LogP contribution in [0, 0.1) is 11.8 Å². The topological polar surface area (TPSA) is 78.4 Å². The second-order valence-corrected chi connectivity index (χ2v) is 4.37. The molecular weight excluding hydrogens is 208 g/mol. The Kier molecular flexibility index (Phi) is 4.34. The van der Waals surface area contributed by atoms with E-state index >= 15 is 0 Å². The summed E-state index contributed by atoms with van der Waals surface area (Å²) in [4.78, 5) is 22.1. The Morgan fingerprint density at radius 3 is 2.44 bits per heavy atom. The summed E-state index contributed by atoms with van der Waals surface area (Å²) in [5.74, 6) is -0.576. The van der Waals surface area contributed by atoms with E-state index in [1.807, 2.05) is 6.08 Å². The van der Waals surface area contributed by atoms with Crippen molar-refractivity contribution in [2.75, 3.05) is 0 Å². The maximum Gasteiger partial charge on any atom is 0.326 e. The number of rotatable bonds is 5. The summed E-state index contributed by atoms with van der Waals surface area (Å²) in [6.45, 7) is 3.50. The molecule has 0 spiro atoms. The second-order valence-electron chi connectivity index (χ2n) is 4.37. The third-order valence-electron chi connectivity index (χ3n) is 2.42. The van der Waals surface area contributed by atoms with Gasteiger partial charge in [0.15, 0.2) is 0 Å². The van der Waals surface area contributed by atoms with E-state index in [0.29, 0.717) is 5.92 Å². The number of nitrogens with one attached hydrogen (secondary N) is 2. The van der Waals surface area contributed by atoms with Gasteiger partial charge in [0.1, 0.15) is 6.04 Å². The van der Waals surface area contributed by atoms with E-state index in [2.05, 4.69) is 10.6 Å². The lowest BCUT2D eigenvalue weighted by Crippen LogP contribution is -2.47. The quantitative estimate of drug-likeness (QED) is 0.661. The SMILES string of the molecule is CC(C)C(NC(=O)N/C=C/C1CC1)C(=O)O. The minimum absolute atomic E-state index is 0.143. The number of hydrogen-bond acceptors (Lipinski definition) is 2. The van der Waals surface area contributed by atoms with E-state index in [1.165, 1.54) is 12.8 Å². The molecule has 0 aromatic rings. The highest BCUT2D eigenvalue weighted by atomic mass is 16.4. The Bertz CT molecular complexity index is 296. The van der Waals surface area contributed by atoms with Gasteiger partial charge in [0.25, 0.3) is 0 Å². The zero-order valence-electron chi connectivity index (χ0n) is 9.56. The first kappa shape index (κ1) is 12.5. The molecule has 0 saturated heterocycles. The standard InChI is InChI=1S/C11H18N2O3/c1-7(2)9(10(14)15)13-11(16)12-6-5-8-3-4-8/h5-9H,3-4H2,1-2H3,(H,14,15)(H2,12,13,16)/b6-5+. The van der Waals surface area contributed by atoms with Crippen LogP contribution in [0.3, 0.4) is 0 Å². The van der Waals surface area contributed by atoms with Crippen LogP contribution < -0.4 is 10.6 Å². The molecule has 1 unspecified atom stereocenters. The van der Waals surface area contributed by atoms with Crippen molar-refractivity contribution in [3.8, 4) is 0 Å². The molecule has 16 heavy (non-hydrogen) atoms. The Hall–Kier alpha value is -1.52. The first-order valence-corrected chi connectivity index (χ1v) is 5.47. The first-order chi connectivity index (χ1) is 7.50. The maximum atomic E-state index is 11.3. The lowest BCUT2D eigenvalue weighted by molar-refractivity contribution is -0.140. The molecule has 1 saturated carbocycles. The molecule has 90 valence electrons. The number of carbonyl (C=O) groups excluding carboxylic acids is 1. The molecule has 2 amide bonds. The predicted octanol–water partition coefficient (Wildman–Crippen LogP) is 1.32. The van der Waals surface area contributed by atoms with Crippen LogP contribution in [-0.4, -0.2) is 23.1 Å². The smallest absolute Gasteiger partial charge is 0.326 e. The summed E-state index contributed by atoms with van der Waals surface area (Å²) in [6.07, 6.45) is 5.84. The summed E-state index contributed by atoms with van der Waals surface area (Å²) in [7, 11) is 0. The summed E-state index contributed by atoms with van der Waals surface area (Å²) in [6, 6.07) is -1.33. The predicted molar refractivity (Wildman–Crippen MR) is 59.8 cm³/mol. The number of hydrogen-bond donors (Lipinski definition) is 3. The van der Waals surface area contributed by atoms with Crippen LogP contribution in [0.25, 0.3) is 0 Å². The van der Waals surface area contributed by atoms with Gasteiger partial charge in [-0.3, -0.25) is 0 Å². The zero-order valence-corrected chi connectivity index (χ0v) is 9.56. The molecule has 0 aliphatic heterocycles. The molecule has 0 bridgehead atoms. The molecule has 1 atom stereocenters. The van der Waals surface area contributed by atoms with Crippen LogP contribution in [0.5, 0.6) is 0 Å². The Morgan fingerprint density at radius 2 is 2.00 bits per heavy atom. The minimum atomic E-state index is -1.02. The number of urea groups is 1. The average molecular weight is 226 g/mol. The van der Waals surface area contributed by atoms with Gasteiger partial charge < -0.3 is 15.7 Å². The van der Waals surface area contributed by atoms with Crippen LogP contribution in [0.15, 0.2) is 12.3 Å². The summed E-state index contributed by atoms with van der Waals surface area (Å²) >= 11 is 0. The fraction of sp³-hybridized carbons (Fsp3) is 0.636. The Balaban J connectivity index is 2.32. The molecule has 0 heterocycles. The van der Waals surface area contributed by atoms with Gasteiger partial charge in [0.05, 0.1) is 0 Å². The summed E-state index contributed by atoms with van der Waals surface area (Å²) < 4.78 is 0. The molecule has 1 aliphatic carbocycles. The van der Waals surface area contributed by atoms with Gasteiger partial charge in [-0.2, -0.15) is 0 Å². The monoisotopic (exact) mass is 226 g/mol. The van der Waals surface area contributed by atoms with Crippen LogP contribution >= 0.6 is 0 Å². The van der Waals surface area contributed by atoms with E-state index in [9.17, 15) is 9.59 Å². The van der Waals surface area contributed by atoms with Crippen molar-refractivity contribution in [1.82, 2.24) is 10.6 Å². The molecule has 1 aliphatic rings. The van der Waals surface area contributed by atoms with Crippen LogP contribution in [0.2, 0.25) is 0 Å². The van der Waals surface area contributed by atoms with Crippen molar-refractivity contribution in [1.29, 1.82) is 0 Å². The third kappa shape index (κ3) is 4.33. The van der Waals surface area contributed by atoms with Gasteiger partial charge in [-0.1, -0.05) is 19.9 Å². The van der Waals surface area contributed by atoms with Crippen molar-refractivity contribution in [2.45, 2.75) is 32.7 Å². The van der Waals surface area contributed by atoms with E-state index in [1.54, 1.807) is 20.0 Å². The molecule has 0 aromatic heterocycles. The fourth-order valence-corrected chi connectivity index (χ4v) is 1.25. The van der Waals surface area contributed by atoms with Crippen molar-refractivity contribution >= 4 is 12.0 Å². The highest BCUT2D eigenvalue weighted by Gasteiger charge is 2.23. The van der Waals surface area contributed by atoms with Gasteiger partial charge in [0.2, 0.25) is 0 Å². The van der Waals surface area contributed by atoms with Crippen molar-refractivity contribution in [3.05, 3.63) is 12.3 Å². The lowest BCUT2D eigenvalue weighted by atomic mass is 10.1. The van der Waals surface area contributed by atoms with E-state index in [0.717, 1.165) is 0 Å². The molecule has 1 fully saturated rings. The van der Waals surface area contributed by atoms with Crippen LogP contribution in [0.1, 0.15) is 26.7 Å². The highest BCUT2D eigenvalue weighted by Crippen LogP contribution is 2.29. The molecule has 0 radical (unpaired) electrons. The Morgan fingerprint density at radius 1 is 1.38 bits per heavy atom. The van der Waals surface area contributed by atoms with E-state index < -0.39 is 18.0 Å². The van der Waals surface area contributed by atoms with Crippen molar-refractivity contribution in [3.63, 3.8) is 0 Å². The lowest BCUT2D eigenvalue weighted by Gasteiger charge is -2.17. The number of allylic oxidation sites excluding steroid dienone is 1. The van der Waals surface area contributed by atoms with Gasteiger partial charge >= 0.3 is 12.0 Å². The van der Waals surface area contributed by atoms with Gasteiger partial charge in [-0.05, 0) is 24.7 Å². The fourth-order valence-electron chi connectivity index (χ4n) is 1.25. The van der Waals surface area contributed by atoms with Gasteiger partial charge in [0, 0.05) is 6.20 Å². The number of carboxylic acids is 1. The molecule has 5 nitrogen and oxygen atoms in total. The second kappa shape index (κ2) is 5.53. The van der Waals surface area contributed by atoms with E-state index in [-0.39, 0.29) is 5.92 Å². The van der Waals surface area contributed by atoms with Crippen molar-refractivity contribution in [2.24, 2.45) is 11.8 Å². The number of aliphatic carboxylic acids is 1. The Labute approximate surface area is 94.9 Å². The number of carbonyl (C=O) groups is 2. The molecule has 3 N–H and O–H groups in total.